The molecule has 3 aliphatic rings. The maximum Gasteiger partial charge on any atom is 0.0337 e. The molecule has 19 heavy (non-hydrogen) atoms. The highest BCUT2D eigenvalue weighted by Crippen LogP contribution is 2.37. The molecular formula is C16H31N3. The van der Waals surface area contributed by atoms with Gasteiger partial charge in [-0.3, -0.25) is 9.80 Å². The Hall–Kier alpha value is -0.120. The summed E-state index contributed by atoms with van der Waals surface area (Å²) in [5.41, 5.74) is 0.508. The van der Waals surface area contributed by atoms with Gasteiger partial charge in [0.25, 0.3) is 0 Å². The van der Waals surface area contributed by atoms with Crippen LogP contribution >= 0.6 is 0 Å². The quantitative estimate of drug-likeness (QED) is 0.825. The van der Waals surface area contributed by atoms with Gasteiger partial charge >= 0.3 is 0 Å². The van der Waals surface area contributed by atoms with Gasteiger partial charge in [-0.2, -0.15) is 0 Å². The van der Waals surface area contributed by atoms with Crippen LogP contribution in [0.1, 0.15) is 52.4 Å². The van der Waals surface area contributed by atoms with Gasteiger partial charge in [-0.25, -0.2) is 0 Å². The van der Waals surface area contributed by atoms with Crippen molar-refractivity contribution in [3.63, 3.8) is 0 Å². The fourth-order valence-electron chi connectivity index (χ4n) is 4.59. The first-order chi connectivity index (χ1) is 9.21. The van der Waals surface area contributed by atoms with E-state index in [1.54, 1.807) is 0 Å². The molecule has 3 rings (SSSR count). The molecule has 2 aliphatic heterocycles. The molecule has 110 valence electrons. The van der Waals surface area contributed by atoms with Crippen molar-refractivity contribution in [2.24, 2.45) is 0 Å². The number of rotatable bonds is 2. The zero-order valence-corrected chi connectivity index (χ0v) is 12.8. The van der Waals surface area contributed by atoms with E-state index in [-0.39, 0.29) is 0 Å². The van der Waals surface area contributed by atoms with Crippen molar-refractivity contribution in [1.82, 2.24) is 15.1 Å². The van der Waals surface area contributed by atoms with E-state index in [9.17, 15) is 0 Å². The molecule has 1 N–H and O–H groups in total. The summed E-state index contributed by atoms with van der Waals surface area (Å²) < 4.78 is 0. The van der Waals surface area contributed by atoms with Crippen LogP contribution in [0.4, 0.5) is 0 Å². The van der Waals surface area contributed by atoms with Crippen LogP contribution in [0.25, 0.3) is 0 Å². The second kappa shape index (κ2) is 5.71. The summed E-state index contributed by atoms with van der Waals surface area (Å²) >= 11 is 0. The molecule has 0 aromatic rings. The molecule has 0 radical (unpaired) electrons. The molecule has 0 bridgehead atoms. The van der Waals surface area contributed by atoms with Crippen molar-refractivity contribution in [3.05, 3.63) is 0 Å². The van der Waals surface area contributed by atoms with Crippen LogP contribution in [0, 0.1) is 0 Å². The summed E-state index contributed by atoms with van der Waals surface area (Å²) in [7, 11) is 0. The van der Waals surface area contributed by atoms with Gasteiger partial charge in [0, 0.05) is 50.3 Å². The van der Waals surface area contributed by atoms with Crippen LogP contribution < -0.4 is 5.32 Å². The Morgan fingerprint density at radius 1 is 1.11 bits per heavy atom. The summed E-state index contributed by atoms with van der Waals surface area (Å²) in [5, 5.41) is 3.68. The summed E-state index contributed by atoms with van der Waals surface area (Å²) in [5.74, 6) is 0. The zero-order chi connectivity index (χ0) is 13.3. The molecule has 3 heteroatoms. The van der Waals surface area contributed by atoms with Crippen molar-refractivity contribution < 1.29 is 0 Å². The second-order valence-electron chi connectivity index (χ2n) is 7.19. The van der Waals surface area contributed by atoms with E-state index in [0.717, 1.165) is 12.1 Å². The lowest BCUT2D eigenvalue weighted by atomic mass is 9.78. The summed E-state index contributed by atoms with van der Waals surface area (Å²) in [6, 6.07) is 1.54. The van der Waals surface area contributed by atoms with Gasteiger partial charge < -0.3 is 5.32 Å². The predicted octanol–water partition coefficient (Wildman–Crippen LogP) is 2.08. The number of nitrogens with one attached hydrogen (secondary N) is 1. The number of nitrogens with zero attached hydrogens (tertiary/aromatic N) is 2. The average molecular weight is 265 g/mol. The summed E-state index contributed by atoms with van der Waals surface area (Å²) in [6.07, 6.45) is 8.59. The lowest BCUT2D eigenvalue weighted by molar-refractivity contribution is -0.00513. The smallest absolute Gasteiger partial charge is 0.0337 e. The van der Waals surface area contributed by atoms with Crippen molar-refractivity contribution in [2.75, 3.05) is 32.7 Å². The van der Waals surface area contributed by atoms with E-state index < -0.39 is 0 Å². The minimum absolute atomic E-state index is 0.508. The minimum atomic E-state index is 0.508. The molecule has 1 spiro atoms. The Kier molecular flexibility index (Phi) is 4.16. The highest BCUT2D eigenvalue weighted by molar-refractivity contribution is 5.02. The van der Waals surface area contributed by atoms with Gasteiger partial charge in [0.1, 0.15) is 0 Å². The Balaban J connectivity index is 1.70. The Morgan fingerprint density at radius 2 is 1.89 bits per heavy atom. The standard InChI is InChI=1S/C16H31N3/c1-14(2)18-10-6-15(12-18)19-11-9-17-13-16(19)7-4-3-5-8-16/h14-15,17H,3-13H2,1-2H3. The van der Waals surface area contributed by atoms with Crippen LogP contribution in [0.15, 0.2) is 0 Å². The van der Waals surface area contributed by atoms with Crippen LogP contribution in [0.2, 0.25) is 0 Å². The molecule has 2 saturated heterocycles. The highest BCUT2D eigenvalue weighted by Gasteiger charge is 2.44. The Morgan fingerprint density at radius 3 is 2.58 bits per heavy atom. The molecule has 1 aliphatic carbocycles. The minimum Gasteiger partial charge on any atom is -0.314 e. The van der Waals surface area contributed by atoms with E-state index in [0.29, 0.717) is 5.54 Å². The third-order valence-electron chi connectivity index (χ3n) is 5.74. The normalized spacial score (nSPS) is 33.3. The first-order valence-corrected chi connectivity index (χ1v) is 8.43. The SMILES string of the molecule is CC(C)N1CCC(N2CCNCC23CCCCC3)C1. The largest absolute Gasteiger partial charge is 0.314 e. The van der Waals surface area contributed by atoms with Gasteiger partial charge in [-0.05, 0) is 33.1 Å². The molecule has 2 heterocycles. The topological polar surface area (TPSA) is 18.5 Å². The fourth-order valence-corrected chi connectivity index (χ4v) is 4.59. The number of hydrogen-bond acceptors (Lipinski definition) is 3. The summed E-state index contributed by atoms with van der Waals surface area (Å²) in [6.45, 7) is 11.0. The maximum atomic E-state index is 3.68. The first-order valence-electron chi connectivity index (χ1n) is 8.43. The van der Waals surface area contributed by atoms with Crippen molar-refractivity contribution >= 4 is 0 Å². The zero-order valence-electron chi connectivity index (χ0n) is 12.8. The van der Waals surface area contributed by atoms with Gasteiger partial charge in [0.15, 0.2) is 0 Å². The van der Waals surface area contributed by atoms with Crippen molar-refractivity contribution in [1.29, 1.82) is 0 Å². The van der Waals surface area contributed by atoms with Gasteiger partial charge in [0.2, 0.25) is 0 Å². The van der Waals surface area contributed by atoms with E-state index in [2.05, 4.69) is 29.0 Å². The summed E-state index contributed by atoms with van der Waals surface area (Å²) in [4.78, 5) is 5.59. The predicted molar refractivity (Wildman–Crippen MR) is 80.5 cm³/mol. The third-order valence-corrected chi connectivity index (χ3v) is 5.74. The van der Waals surface area contributed by atoms with Crippen molar-refractivity contribution in [3.8, 4) is 0 Å². The van der Waals surface area contributed by atoms with Crippen LogP contribution in [-0.4, -0.2) is 60.1 Å². The van der Waals surface area contributed by atoms with E-state index >= 15 is 0 Å². The Bertz CT molecular complexity index is 288. The molecule has 3 nitrogen and oxygen atoms in total. The number of piperazine rings is 1. The van der Waals surface area contributed by atoms with Crippen LogP contribution in [-0.2, 0) is 0 Å². The molecule has 1 unspecified atom stereocenters. The van der Waals surface area contributed by atoms with Gasteiger partial charge in [0.05, 0.1) is 0 Å². The van der Waals surface area contributed by atoms with E-state index in [1.807, 2.05) is 0 Å². The molecule has 0 aromatic heterocycles. The molecule has 3 fully saturated rings. The van der Waals surface area contributed by atoms with Gasteiger partial charge in [-0.1, -0.05) is 19.3 Å². The monoisotopic (exact) mass is 265 g/mol. The lowest BCUT2D eigenvalue weighted by Gasteiger charge is -2.52. The van der Waals surface area contributed by atoms with Crippen LogP contribution in [0.3, 0.4) is 0 Å². The van der Waals surface area contributed by atoms with E-state index in [1.165, 1.54) is 71.2 Å². The third kappa shape index (κ3) is 2.70. The Labute approximate surface area is 118 Å². The van der Waals surface area contributed by atoms with Gasteiger partial charge in [-0.15, -0.1) is 0 Å². The highest BCUT2D eigenvalue weighted by atomic mass is 15.3. The molecule has 0 aromatic carbocycles. The first kappa shape index (κ1) is 13.8. The molecule has 1 atom stereocenters. The molecule has 1 saturated carbocycles. The van der Waals surface area contributed by atoms with E-state index in [4.69, 9.17) is 0 Å². The number of likely N-dealkylation sites (tertiary alicyclic amines) is 1. The van der Waals surface area contributed by atoms with Crippen molar-refractivity contribution in [2.45, 2.75) is 70.0 Å². The maximum absolute atomic E-state index is 3.68. The lowest BCUT2D eigenvalue weighted by Crippen LogP contribution is -2.65. The second-order valence-corrected chi connectivity index (χ2v) is 7.19. The molecular weight excluding hydrogens is 234 g/mol. The molecule has 0 amide bonds. The van der Waals surface area contributed by atoms with Crippen LogP contribution in [0.5, 0.6) is 0 Å². The fraction of sp³-hybridized carbons (Fsp3) is 1.00. The average Bonchev–Trinajstić information content (AvgIpc) is 2.90. The number of hydrogen-bond donors (Lipinski definition) is 1.